The van der Waals surface area contributed by atoms with Crippen LogP contribution in [0.25, 0.3) is 0 Å². The van der Waals surface area contributed by atoms with Crippen molar-refractivity contribution in [3.63, 3.8) is 0 Å². The van der Waals surface area contributed by atoms with Gasteiger partial charge in [0, 0.05) is 25.2 Å². The van der Waals surface area contributed by atoms with Crippen molar-refractivity contribution >= 4 is 10.0 Å². The molecule has 1 aromatic rings. The number of benzene rings is 1. The zero-order valence-corrected chi connectivity index (χ0v) is 13.4. The lowest BCUT2D eigenvalue weighted by Gasteiger charge is -2.22. The quantitative estimate of drug-likeness (QED) is 0.801. The van der Waals surface area contributed by atoms with Crippen LogP contribution in [0.15, 0.2) is 23.1 Å². The van der Waals surface area contributed by atoms with E-state index in [1.165, 1.54) is 18.2 Å². The average molecular weight is 314 g/mol. The lowest BCUT2D eigenvalue weighted by atomic mass is 10.2. The molecule has 0 amide bonds. The zero-order valence-electron chi connectivity index (χ0n) is 12.6. The van der Waals surface area contributed by atoms with Gasteiger partial charge in [0.05, 0.1) is 4.90 Å². The third-order valence-electron chi connectivity index (χ3n) is 3.65. The summed E-state index contributed by atoms with van der Waals surface area (Å²) in [4.78, 5) is 0.184. The van der Waals surface area contributed by atoms with Crippen LogP contribution in [0.2, 0.25) is 0 Å². The SMILES string of the molecule is CCCN(CC1CC1)S(=O)(=O)c1ccc(F)c(CNC)c1. The molecule has 1 fully saturated rings. The van der Waals surface area contributed by atoms with Crippen LogP contribution < -0.4 is 5.32 Å². The van der Waals surface area contributed by atoms with Crippen molar-refractivity contribution in [1.29, 1.82) is 0 Å². The van der Waals surface area contributed by atoms with Gasteiger partial charge >= 0.3 is 0 Å². The average Bonchev–Trinajstić information content (AvgIpc) is 3.25. The van der Waals surface area contributed by atoms with Crippen molar-refractivity contribution in [3.05, 3.63) is 29.6 Å². The van der Waals surface area contributed by atoms with Gasteiger partial charge in [0.15, 0.2) is 0 Å². The molecule has 1 aliphatic carbocycles. The number of nitrogens with zero attached hydrogens (tertiary/aromatic N) is 1. The van der Waals surface area contributed by atoms with Crippen LogP contribution >= 0.6 is 0 Å². The predicted molar refractivity (Wildman–Crippen MR) is 80.9 cm³/mol. The van der Waals surface area contributed by atoms with Crippen LogP contribution in [0.4, 0.5) is 4.39 Å². The molecule has 1 aromatic carbocycles. The molecule has 0 heterocycles. The topological polar surface area (TPSA) is 49.4 Å². The second kappa shape index (κ2) is 6.85. The second-order valence-corrected chi connectivity index (χ2v) is 7.53. The molecule has 6 heteroatoms. The van der Waals surface area contributed by atoms with Gasteiger partial charge < -0.3 is 5.32 Å². The Balaban J connectivity index is 2.29. The highest BCUT2D eigenvalue weighted by atomic mass is 32.2. The van der Waals surface area contributed by atoms with Crippen molar-refractivity contribution in [2.24, 2.45) is 5.92 Å². The van der Waals surface area contributed by atoms with Crippen LogP contribution in [-0.2, 0) is 16.6 Å². The standard InChI is InChI=1S/C15H23FN2O2S/c1-3-8-18(11-12-4-5-12)21(19,20)14-6-7-15(16)13(9-14)10-17-2/h6-7,9,12,17H,3-5,8,10-11H2,1-2H3. The number of rotatable bonds is 8. The molecule has 0 unspecified atom stereocenters. The maximum atomic E-state index is 13.7. The van der Waals surface area contributed by atoms with Crippen LogP contribution in [0, 0.1) is 11.7 Å². The highest BCUT2D eigenvalue weighted by Crippen LogP contribution is 2.32. The van der Waals surface area contributed by atoms with E-state index in [0.717, 1.165) is 19.3 Å². The summed E-state index contributed by atoms with van der Waals surface area (Å²) in [6.07, 6.45) is 2.98. The normalized spacial score (nSPS) is 15.6. The van der Waals surface area contributed by atoms with Crippen LogP contribution in [0.3, 0.4) is 0 Å². The molecule has 0 aromatic heterocycles. The minimum Gasteiger partial charge on any atom is -0.316 e. The molecule has 118 valence electrons. The van der Waals surface area contributed by atoms with Crippen molar-refractivity contribution in [2.75, 3.05) is 20.1 Å². The third-order valence-corrected chi connectivity index (χ3v) is 5.52. The van der Waals surface area contributed by atoms with Gasteiger partial charge in [-0.15, -0.1) is 0 Å². The smallest absolute Gasteiger partial charge is 0.243 e. The van der Waals surface area contributed by atoms with Gasteiger partial charge in [-0.3, -0.25) is 0 Å². The fraction of sp³-hybridized carbons (Fsp3) is 0.600. The van der Waals surface area contributed by atoms with Crippen molar-refractivity contribution < 1.29 is 12.8 Å². The van der Waals surface area contributed by atoms with E-state index in [0.29, 0.717) is 31.1 Å². The van der Waals surface area contributed by atoms with Crippen LogP contribution in [0.1, 0.15) is 31.7 Å². The maximum Gasteiger partial charge on any atom is 0.243 e. The number of halogens is 1. The molecule has 0 saturated heterocycles. The molecule has 1 aliphatic rings. The molecule has 4 nitrogen and oxygen atoms in total. The fourth-order valence-electron chi connectivity index (χ4n) is 2.33. The number of hydrogen-bond donors (Lipinski definition) is 1. The highest BCUT2D eigenvalue weighted by Gasteiger charge is 2.31. The molecule has 0 spiro atoms. The van der Waals surface area contributed by atoms with E-state index in [1.54, 1.807) is 11.4 Å². The van der Waals surface area contributed by atoms with E-state index < -0.39 is 10.0 Å². The van der Waals surface area contributed by atoms with Crippen molar-refractivity contribution in [3.8, 4) is 0 Å². The Morgan fingerprint density at radius 2 is 2.10 bits per heavy atom. The first kappa shape index (κ1) is 16.4. The fourth-order valence-corrected chi connectivity index (χ4v) is 3.99. The van der Waals surface area contributed by atoms with Crippen molar-refractivity contribution in [1.82, 2.24) is 9.62 Å². The molecule has 0 atom stereocenters. The lowest BCUT2D eigenvalue weighted by Crippen LogP contribution is -2.33. The molecular formula is C15H23FN2O2S. The third kappa shape index (κ3) is 4.02. The lowest BCUT2D eigenvalue weighted by molar-refractivity contribution is 0.395. The zero-order chi connectivity index (χ0) is 15.5. The maximum absolute atomic E-state index is 13.7. The molecule has 1 saturated carbocycles. The van der Waals surface area contributed by atoms with Gasteiger partial charge in [-0.05, 0) is 50.4 Å². The predicted octanol–water partition coefficient (Wildman–Crippen LogP) is 2.36. The minimum absolute atomic E-state index is 0.184. The van der Waals surface area contributed by atoms with E-state index in [-0.39, 0.29) is 10.7 Å². The minimum atomic E-state index is -3.54. The van der Waals surface area contributed by atoms with E-state index in [1.807, 2.05) is 6.92 Å². The Kier molecular flexibility index (Phi) is 5.35. The molecule has 0 radical (unpaired) electrons. The summed E-state index contributed by atoms with van der Waals surface area (Å²) in [5.74, 6) is 0.107. The first-order chi connectivity index (χ1) is 9.98. The van der Waals surface area contributed by atoms with E-state index in [9.17, 15) is 12.8 Å². The number of hydrogen-bond acceptors (Lipinski definition) is 3. The van der Waals surface area contributed by atoms with Gasteiger partial charge in [0.2, 0.25) is 10.0 Å². The van der Waals surface area contributed by atoms with Gasteiger partial charge in [0.1, 0.15) is 5.82 Å². The van der Waals surface area contributed by atoms with Gasteiger partial charge in [-0.1, -0.05) is 6.92 Å². The summed E-state index contributed by atoms with van der Waals surface area (Å²) in [7, 11) is -1.83. The summed E-state index contributed by atoms with van der Waals surface area (Å²) < 4.78 is 40.7. The Labute approximate surface area is 126 Å². The summed E-state index contributed by atoms with van der Waals surface area (Å²) in [6.45, 7) is 3.37. The van der Waals surface area contributed by atoms with Crippen molar-refractivity contribution in [2.45, 2.75) is 37.6 Å². The molecule has 21 heavy (non-hydrogen) atoms. The number of sulfonamides is 1. The molecule has 0 aliphatic heterocycles. The van der Waals surface area contributed by atoms with Gasteiger partial charge in [-0.25, -0.2) is 12.8 Å². The molecule has 0 bridgehead atoms. The summed E-state index contributed by atoms with van der Waals surface area (Å²) in [6, 6.07) is 4.04. The summed E-state index contributed by atoms with van der Waals surface area (Å²) in [5.41, 5.74) is 0.376. The Morgan fingerprint density at radius 1 is 1.38 bits per heavy atom. The summed E-state index contributed by atoms with van der Waals surface area (Å²) >= 11 is 0. The van der Waals surface area contributed by atoms with Crippen LogP contribution in [0.5, 0.6) is 0 Å². The monoisotopic (exact) mass is 314 g/mol. The Bertz CT molecular complexity index is 585. The highest BCUT2D eigenvalue weighted by molar-refractivity contribution is 7.89. The van der Waals surface area contributed by atoms with Gasteiger partial charge in [0.25, 0.3) is 0 Å². The van der Waals surface area contributed by atoms with E-state index in [2.05, 4.69) is 5.32 Å². The Hall–Kier alpha value is -0.980. The van der Waals surface area contributed by atoms with Gasteiger partial charge in [-0.2, -0.15) is 4.31 Å². The van der Waals surface area contributed by atoms with E-state index >= 15 is 0 Å². The first-order valence-electron chi connectivity index (χ1n) is 7.42. The summed E-state index contributed by atoms with van der Waals surface area (Å²) in [5, 5.41) is 2.85. The van der Waals surface area contributed by atoms with Crippen LogP contribution in [-0.4, -0.2) is 32.9 Å². The first-order valence-corrected chi connectivity index (χ1v) is 8.86. The molecule has 1 N–H and O–H groups in total. The molecule has 2 rings (SSSR count). The Morgan fingerprint density at radius 3 is 2.67 bits per heavy atom. The largest absolute Gasteiger partial charge is 0.316 e. The number of nitrogens with one attached hydrogen (secondary N) is 1. The second-order valence-electron chi connectivity index (χ2n) is 5.59. The van der Waals surface area contributed by atoms with E-state index in [4.69, 9.17) is 0 Å². The molecular weight excluding hydrogens is 291 g/mol.